The second kappa shape index (κ2) is 15.8. The Bertz CT molecular complexity index is 1460. The van der Waals surface area contributed by atoms with Crippen LogP contribution in [-0.4, -0.2) is 69.8 Å². The molecule has 9 nitrogen and oxygen atoms in total. The molecule has 0 bridgehead atoms. The predicted molar refractivity (Wildman–Crippen MR) is 174 cm³/mol. The number of carboxylic acids is 1. The number of fused-ring (bicyclic) bond motifs is 1. The normalized spacial score (nSPS) is 13.1. The molecule has 5 rings (SSSR count). The molecule has 3 aromatic heterocycles. The van der Waals surface area contributed by atoms with E-state index in [-0.39, 0.29) is 0 Å². The number of hydrogen-bond acceptors (Lipinski definition) is 8. The molecule has 4 aromatic rings. The van der Waals surface area contributed by atoms with Gasteiger partial charge in [-0.15, -0.1) is 0 Å². The van der Waals surface area contributed by atoms with Gasteiger partial charge in [0, 0.05) is 42.8 Å². The lowest BCUT2D eigenvalue weighted by Gasteiger charge is -2.24. The fourth-order valence-corrected chi connectivity index (χ4v) is 5.35. The van der Waals surface area contributed by atoms with Crippen LogP contribution in [0.2, 0.25) is 0 Å². The highest BCUT2D eigenvalue weighted by atomic mass is 16.5. The third-order valence-electron chi connectivity index (χ3n) is 7.89. The van der Waals surface area contributed by atoms with Crippen molar-refractivity contribution >= 4 is 17.6 Å². The summed E-state index contributed by atoms with van der Waals surface area (Å²) in [6, 6.07) is 21.2. The van der Waals surface area contributed by atoms with Crippen LogP contribution in [0.3, 0.4) is 0 Å². The van der Waals surface area contributed by atoms with Crippen LogP contribution in [0, 0.1) is 6.92 Å². The second-order valence-electron chi connectivity index (χ2n) is 11.2. The predicted octanol–water partition coefficient (Wildman–Crippen LogP) is 5.86. The summed E-state index contributed by atoms with van der Waals surface area (Å²) >= 11 is 0. The lowest BCUT2D eigenvalue weighted by Crippen LogP contribution is -2.37. The lowest BCUT2D eigenvalue weighted by molar-refractivity contribution is -0.138. The van der Waals surface area contributed by atoms with E-state index in [1.807, 2.05) is 61.5 Å². The number of carboxylic acid groups (broad SMARTS) is 1. The Kier molecular flexibility index (Phi) is 11.1. The van der Waals surface area contributed by atoms with Gasteiger partial charge in [-0.3, -0.25) is 9.88 Å². The molecule has 4 heterocycles. The number of aryl methyl sites for hydroxylation is 3. The first-order chi connectivity index (χ1) is 21.5. The van der Waals surface area contributed by atoms with Crippen LogP contribution in [0.5, 0.6) is 5.75 Å². The van der Waals surface area contributed by atoms with Crippen molar-refractivity contribution < 1.29 is 14.6 Å². The monoisotopic (exact) mass is 594 g/mol. The van der Waals surface area contributed by atoms with E-state index in [2.05, 4.69) is 37.6 Å². The number of unbranched alkanes of at least 4 members (excludes halogenated alkanes) is 1. The number of aromatic nitrogens is 3. The van der Waals surface area contributed by atoms with E-state index < -0.39 is 12.0 Å². The summed E-state index contributed by atoms with van der Waals surface area (Å²) in [4.78, 5) is 28.1. The number of nitrogens with zero attached hydrogens (tertiary/aromatic N) is 4. The number of aliphatic carboxylic acids is 1. The minimum atomic E-state index is -0.895. The van der Waals surface area contributed by atoms with Crippen LogP contribution in [-0.2, 0) is 17.6 Å². The van der Waals surface area contributed by atoms with Crippen LogP contribution in [0.15, 0.2) is 79.1 Å². The van der Waals surface area contributed by atoms with Crippen LogP contribution >= 0.6 is 0 Å². The summed E-state index contributed by atoms with van der Waals surface area (Å²) in [6.07, 6.45) is 9.08. The van der Waals surface area contributed by atoms with Gasteiger partial charge in [-0.25, -0.2) is 14.8 Å². The fourth-order valence-electron chi connectivity index (χ4n) is 5.35. The zero-order valence-corrected chi connectivity index (χ0v) is 25.4. The largest absolute Gasteiger partial charge is 0.491 e. The van der Waals surface area contributed by atoms with Crippen molar-refractivity contribution in [2.75, 3.05) is 43.4 Å². The molecule has 3 N–H and O–H groups in total. The first kappa shape index (κ1) is 30.9. The molecule has 1 atom stereocenters. The zero-order chi connectivity index (χ0) is 30.6. The number of ether oxygens (including phenoxy) is 1. The molecule has 0 radical (unpaired) electrons. The van der Waals surface area contributed by atoms with Crippen molar-refractivity contribution in [2.45, 2.75) is 51.5 Å². The standard InChI is InChI=1S/C35H42N6O3/c1-26-12-16-31(25-37-26)44-23-22-41(20-6-5-11-30-15-13-28-10-7-19-36-34(28)39-30)21-18-32(35(42)43)40-33-17-14-29(24-38-33)27-8-3-2-4-9-27/h2-4,8-9,12-17,24-25,32H,5-7,10-11,18-23H2,1H3,(H,36,39)(H,38,40)(H,42,43)/t32-/m0/s1. The van der Waals surface area contributed by atoms with Crippen LogP contribution in [0.1, 0.15) is 42.6 Å². The van der Waals surface area contributed by atoms with Gasteiger partial charge in [-0.2, -0.15) is 0 Å². The van der Waals surface area contributed by atoms with Gasteiger partial charge in [-0.05, 0) is 93.5 Å². The van der Waals surface area contributed by atoms with Gasteiger partial charge in [0.2, 0.25) is 0 Å². The Morgan fingerprint density at radius 1 is 0.977 bits per heavy atom. The van der Waals surface area contributed by atoms with E-state index >= 15 is 0 Å². The van der Waals surface area contributed by atoms with E-state index in [1.54, 1.807) is 12.4 Å². The minimum absolute atomic E-state index is 0.432. The molecule has 0 saturated carbocycles. The minimum Gasteiger partial charge on any atom is -0.491 e. The Balaban J connectivity index is 1.15. The maximum Gasteiger partial charge on any atom is 0.326 e. The number of nitrogens with one attached hydrogen (secondary N) is 2. The molecule has 1 aliphatic rings. The maximum atomic E-state index is 12.2. The molecule has 230 valence electrons. The first-order valence-corrected chi connectivity index (χ1v) is 15.5. The lowest BCUT2D eigenvalue weighted by atomic mass is 10.1. The maximum absolute atomic E-state index is 12.2. The Morgan fingerprint density at radius 3 is 2.64 bits per heavy atom. The molecule has 44 heavy (non-hydrogen) atoms. The molecule has 0 aliphatic carbocycles. The quantitative estimate of drug-likeness (QED) is 0.137. The molecule has 1 aliphatic heterocycles. The van der Waals surface area contributed by atoms with Gasteiger partial charge in [-0.1, -0.05) is 36.4 Å². The Morgan fingerprint density at radius 2 is 1.86 bits per heavy atom. The van der Waals surface area contributed by atoms with Crippen LogP contribution in [0.25, 0.3) is 11.1 Å². The van der Waals surface area contributed by atoms with E-state index in [4.69, 9.17) is 9.72 Å². The van der Waals surface area contributed by atoms with Crippen molar-refractivity contribution in [1.29, 1.82) is 0 Å². The zero-order valence-electron chi connectivity index (χ0n) is 25.4. The van der Waals surface area contributed by atoms with Crippen molar-refractivity contribution in [1.82, 2.24) is 19.9 Å². The van der Waals surface area contributed by atoms with E-state index in [9.17, 15) is 9.90 Å². The van der Waals surface area contributed by atoms with Crippen molar-refractivity contribution in [2.24, 2.45) is 0 Å². The number of anilines is 2. The molecule has 0 unspecified atom stereocenters. The van der Waals surface area contributed by atoms with Gasteiger partial charge < -0.3 is 20.5 Å². The third kappa shape index (κ3) is 9.25. The van der Waals surface area contributed by atoms with Crippen LogP contribution in [0.4, 0.5) is 11.6 Å². The number of hydrogen-bond donors (Lipinski definition) is 3. The third-order valence-corrected chi connectivity index (χ3v) is 7.89. The van der Waals surface area contributed by atoms with Gasteiger partial charge >= 0.3 is 5.97 Å². The number of carbonyl (C=O) groups is 1. The molecule has 0 saturated heterocycles. The molecular formula is C35H42N6O3. The molecule has 9 heteroatoms. The van der Waals surface area contributed by atoms with E-state index in [0.29, 0.717) is 31.9 Å². The topological polar surface area (TPSA) is 112 Å². The van der Waals surface area contributed by atoms with Gasteiger partial charge in [0.25, 0.3) is 0 Å². The van der Waals surface area contributed by atoms with E-state index in [0.717, 1.165) is 79.3 Å². The average molecular weight is 595 g/mol. The number of pyridine rings is 3. The smallest absolute Gasteiger partial charge is 0.326 e. The molecule has 0 amide bonds. The van der Waals surface area contributed by atoms with E-state index in [1.165, 1.54) is 5.56 Å². The Hall–Kier alpha value is -4.50. The summed E-state index contributed by atoms with van der Waals surface area (Å²) in [5.41, 5.74) is 5.42. The van der Waals surface area contributed by atoms with Crippen molar-refractivity contribution in [3.8, 4) is 16.9 Å². The van der Waals surface area contributed by atoms with Gasteiger partial charge in [0.15, 0.2) is 0 Å². The first-order valence-electron chi connectivity index (χ1n) is 15.5. The fraction of sp³-hybridized carbons (Fsp3) is 0.371. The van der Waals surface area contributed by atoms with Gasteiger partial charge in [0.1, 0.15) is 30.0 Å². The number of rotatable bonds is 16. The molecule has 0 fully saturated rings. The van der Waals surface area contributed by atoms with Crippen molar-refractivity contribution in [3.05, 3.63) is 96.1 Å². The molecule has 0 spiro atoms. The second-order valence-corrected chi connectivity index (χ2v) is 11.2. The molecular weight excluding hydrogens is 552 g/mol. The summed E-state index contributed by atoms with van der Waals surface area (Å²) in [7, 11) is 0. The summed E-state index contributed by atoms with van der Waals surface area (Å²) in [5.74, 6) is 1.42. The number of benzene rings is 1. The SMILES string of the molecule is Cc1ccc(OCCN(CCCCc2ccc3c(n2)NCCC3)CC[C@H](Nc2ccc(-c3ccccc3)cn2)C(=O)O)cn1. The highest BCUT2D eigenvalue weighted by molar-refractivity contribution is 5.77. The highest BCUT2D eigenvalue weighted by Crippen LogP contribution is 2.21. The summed E-state index contributed by atoms with van der Waals surface area (Å²) in [6.45, 7) is 5.57. The highest BCUT2D eigenvalue weighted by Gasteiger charge is 2.20. The van der Waals surface area contributed by atoms with Crippen molar-refractivity contribution in [3.63, 3.8) is 0 Å². The van der Waals surface area contributed by atoms with Crippen LogP contribution < -0.4 is 15.4 Å². The Labute approximate surface area is 259 Å². The average Bonchev–Trinajstić information content (AvgIpc) is 3.06. The molecule has 1 aromatic carbocycles. The van der Waals surface area contributed by atoms with Gasteiger partial charge in [0.05, 0.1) is 6.20 Å². The summed E-state index contributed by atoms with van der Waals surface area (Å²) < 4.78 is 5.95. The summed E-state index contributed by atoms with van der Waals surface area (Å²) in [5, 5.41) is 16.5.